The van der Waals surface area contributed by atoms with Crippen LogP contribution in [0, 0.1) is 5.82 Å². The first-order valence-electron chi connectivity index (χ1n) is 10.2. The van der Waals surface area contributed by atoms with Crippen LogP contribution in [0.15, 0.2) is 30.7 Å². The van der Waals surface area contributed by atoms with Crippen LogP contribution in [0.3, 0.4) is 0 Å². The van der Waals surface area contributed by atoms with E-state index in [0.29, 0.717) is 24.3 Å². The van der Waals surface area contributed by atoms with Gasteiger partial charge < -0.3 is 10.3 Å². The highest BCUT2D eigenvalue weighted by molar-refractivity contribution is 7.89. The van der Waals surface area contributed by atoms with Crippen LogP contribution in [0.4, 0.5) is 10.2 Å². The molecular weight excluding hydrogens is 407 g/mol. The normalized spacial score (nSPS) is 19.8. The minimum atomic E-state index is -3.36. The SMILES string of the molecule is CCCS(=O)(=O)N[C@H]1CCCC[C@H]1Nc1nc(-c2c[nH]c3ncccc23)ncc1F. The van der Waals surface area contributed by atoms with E-state index >= 15 is 0 Å². The number of nitrogens with one attached hydrogen (secondary N) is 3. The summed E-state index contributed by atoms with van der Waals surface area (Å²) in [6.07, 6.45) is 8.42. The molecule has 0 amide bonds. The third kappa shape index (κ3) is 4.44. The molecule has 3 aromatic heterocycles. The quantitative estimate of drug-likeness (QED) is 0.528. The van der Waals surface area contributed by atoms with E-state index in [0.717, 1.165) is 36.4 Å². The van der Waals surface area contributed by atoms with Gasteiger partial charge in [0, 0.05) is 35.4 Å². The number of sulfonamides is 1. The van der Waals surface area contributed by atoms with Gasteiger partial charge in [0.15, 0.2) is 17.5 Å². The molecular formula is C20H25FN6O2S. The Hall–Kier alpha value is -2.59. The maximum absolute atomic E-state index is 14.5. The zero-order valence-electron chi connectivity index (χ0n) is 16.7. The van der Waals surface area contributed by atoms with Crippen molar-refractivity contribution in [1.29, 1.82) is 0 Å². The lowest BCUT2D eigenvalue weighted by Crippen LogP contribution is -2.49. The number of halogens is 1. The Morgan fingerprint density at radius 2 is 2.03 bits per heavy atom. The van der Waals surface area contributed by atoms with Crippen molar-refractivity contribution in [2.24, 2.45) is 0 Å². The molecule has 0 spiro atoms. The van der Waals surface area contributed by atoms with Crippen LogP contribution in [0.25, 0.3) is 22.4 Å². The lowest BCUT2D eigenvalue weighted by molar-refractivity contribution is 0.377. The summed E-state index contributed by atoms with van der Waals surface area (Å²) >= 11 is 0. The number of aromatic amines is 1. The summed E-state index contributed by atoms with van der Waals surface area (Å²) < 4.78 is 41.8. The largest absolute Gasteiger partial charge is 0.363 e. The van der Waals surface area contributed by atoms with Crippen LogP contribution in [0.5, 0.6) is 0 Å². The molecule has 30 heavy (non-hydrogen) atoms. The van der Waals surface area contributed by atoms with E-state index < -0.39 is 15.8 Å². The van der Waals surface area contributed by atoms with Gasteiger partial charge in [-0.1, -0.05) is 19.8 Å². The van der Waals surface area contributed by atoms with Crippen molar-refractivity contribution >= 4 is 26.9 Å². The van der Waals surface area contributed by atoms with Crippen LogP contribution in [0.2, 0.25) is 0 Å². The highest BCUT2D eigenvalue weighted by Crippen LogP contribution is 2.28. The molecule has 0 aliphatic heterocycles. The summed E-state index contributed by atoms with van der Waals surface area (Å²) in [7, 11) is -3.36. The van der Waals surface area contributed by atoms with Crippen molar-refractivity contribution in [2.45, 2.75) is 51.1 Å². The molecule has 160 valence electrons. The number of pyridine rings is 1. The lowest BCUT2D eigenvalue weighted by atomic mass is 9.91. The third-order valence-corrected chi connectivity index (χ3v) is 6.94. The minimum Gasteiger partial charge on any atom is -0.363 e. The molecule has 1 saturated carbocycles. The standard InChI is InChI=1S/C20H25FN6O2S/c1-2-10-30(28,29)27-17-8-4-3-7-16(17)25-20-15(21)12-24-19(26-20)14-11-23-18-13(14)6-5-9-22-18/h5-6,9,11-12,16-17,27H,2-4,7-8,10H2,1H3,(H,22,23)(H,24,25,26)/t16-,17+/m1/s1. The van der Waals surface area contributed by atoms with Crippen LogP contribution in [0.1, 0.15) is 39.0 Å². The molecule has 1 aliphatic rings. The van der Waals surface area contributed by atoms with Gasteiger partial charge in [0.25, 0.3) is 0 Å². The maximum atomic E-state index is 14.5. The third-order valence-electron chi connectivity index (χ3n) is 5.33. The Labute approximate surface area is 174 Å². The summed E-state index contributed by atoms with van der Waals surface area (Å²) in [5.41, 5.74) is 1.43. The molecule has 8 nitrogen and oxygen atoms in total. The number of fused-ring (bicyclic) bond motifs is 1. The van der Waals surface area contributed by atoms with E-state index in [2.05, 4.69) is 30.0 Å². The molecule has 0 bridgehead atoms. The van der Waals surface area contributed by atoms with Crippen molar-refractivity contribution in [2.75, 3.05) is 11.1 Å². The molecule has 1 fully saturated rings. The molecule has 3 aromatic rings. The first-order chi connectivity index (χ1) is 14.5. The van der Waals surface area contributed by atoms with Gasteiger partial charge >= 0.3 is 0 Å². The van der Waals surface area contributed by atoms with E-state index in [1.54, 1.807) is 12.4 Å². The summed E-state index contributed by atoms with van der Waals surface area (Å²) in [6, 6.07) is 3.17. The number of nitrogens with zero attached hydrogens (tertiary/aromatic N) is 3. The average molecular weight is 433 g/mol. The molecule has 0 saturated heterocycles. The second-order valence-electron chi connectivity index (χ2n) is 7.57. The first kappa shape index (κ1) is 20.7. The Balaban J connectivity index is 1.60. The van der Waals surface area contributed by atoms with Gasteiger partial charge in [-0.15, -0.1) is 0 Å². The van der Waals surface area contributed by atoms with Crippen LogP contribution in [-0.4, -0.2) is 46.2 Å². The van der Waals surface area contributed by atoms with Gasteiger partial charge in [-0.2, -0.15) is 0 Å². The summed E-state index contributed by atoms with van der Waals surface area (Å²) in [4.78, 5) is 15.9. The monoisotopic (exact) mass is 432 g/mol. The summed E-state index contributed by atoms with van der Waals surface area (Å²) in [5.74, 6) is -0.0454. The van der Waals surface area contributed by atoms with E-state index in [-0.39, 0.29) is 23.7 Å². The number of anilines is 1. The number of aromatic nitrogens is 4. The minimum absolute atomic E-state index is 0.0739. The van der Waals surface area contributed by atoms with Crippen molar-refractivity contribution in [3.05, 3.63) is 36.5 Å². The number of H-pyrrole nitrogens is 1. The number of hydrogen-bond donors (Lipinski definition) is 3. The fourth-order valence-corrected chi connectivity index (χ4v) is 5.32. The number of hydrogen-bond acceptors (Lipinski definition) is 6. The molecule has 4 rings (SSSR count). The van der Waals surface area contributed by atoms with Gasteiger partial charge in [0.05, 0.1) is 11.9 Å². The maximum Gasteiger partial charge on any atom is 0.211 e. The first-order valence-corrected chi connectivity index (χ1v) is 11.8. The predicted molar refractivity (Wildman–Crippen MR) is 114 cm³/mol. The second kappa shape index (κ2) is 8.65. The van der Waals surface area contributed by atoms with Crippen molar-refractivity contribution in [3.63, 3.8) is 0 Å². The number of rotatable bonds is 7. The zero-order valence-corrected chi connectivity index (χ0v) is 17.5. The van der Waals surface area contributed by atoms with Gasteiger partial charge in [-0.05, 0) is 31.4 Å². The lowest BCUT2D eigenvalue weighted by Gasteiger charge is -2.33. The van der Waals surface area contributed by atoms with Crippen molar-refractivity contribution in [1.82, 2.24) is 24.7 Å². The molecule has 3 N–H and O–H groups in total. The van der Waals surface area contributed by atoms with Crippen LogP contribution < -0.4 is 10.0 Å². The smallest absolute Gasteiger partial charge is 0.211 e. The zero-order chi connectivity index (χ0) is 21.1. The van der Waals surface area contributed by atoms with Gasteiger partial charge in [0.2, 0.25) is 10.0 Å². The Morgan fingerprint density at radius 1 is 1.23 bits per heavy atom. The van der Waals surface area contributed by atoms with Crippen molar-refractivity contribution < 1.29 is 12.8 Å². The Kier molecular flexibility index (Phi) is 5.96. The predicted octanol–water partition coefficient (Wildman–Crippen LogP) is 3.21. The van der Waals surface area contributed by atoms with Crippen LogP contribution >= 0.6 is 0 Å². The highest BCUT2D eigenvalue weighted by atomic mass is 32.2. The van der Waals surface area contributed by atoms with Gasteiger partial charge in [-0.3, -0.25) is 0 Å². The van der Waals surface area contributed by atoms with E-state index in [9.17, 15) is 12.8 Å². The topological polar surface area (TPSA) is 113 Å². The van der Waals surface area contributed by atoms with Crippen molar-refractivity contribution in [3.8, 4) is 11.4 Å². The summed E-state index contributed by atoms with van der Waals surface area (Å²) in [6.45, 7) is 1.83. The Morgan fingerprint density at radius 3 is 2.83 bits per heavy atom. The van der Waals surface area contributed by atoms with E-state index in [1.165, 1.54) is 0 Å². The molecule has 0 aromatic carbocycles. The Bertz CT molecular complexity index is 1130. The highest BCUT2D eigenvalue weighted by Gasteiger charge is 2.29. The molecule has 1 aliphatic carbocycles. The van der Waals surface area contributed by atoms with Gasteiger partial charge in [0.1, 0.15) is 5.65 Å². The molecule has 0 radical (unpaired) electrons. The molecule has 10 heteroatoms. The second-order valence-corrected chi connectivity index (χ2v) is 9.44. The van der Waals surface area contributed by atoms with E-state index in [1.807, 2.05) is 19.1 Å². The molecule has 0 unspecified atom stereocenters. The summed E-state index contributed by atoms with van der Waals surface area (Å²) in [5, 5.41) is 3.98. The average Bonchev–Trinajstić information content (AvgIpc) is 3.15. The van der Waals surface area contributed by atoms with E-state index in [4.69, 9.17) is 0 Å². The molecule has 2 atom stereocenters. The van der Waals surface area contributed by atoms with Gasteiger partial charge in [-0.25, -0.2) is 32.5 Å². The fourth-order valence-electron chi connectivity index (χ4n) is 3.92. The molecule has 3 heterocycles. The fraction of sp³-hybridized carbons (Fsp3) is 0.450. The van der Waals surface area contributed by atoms with Crippen LogP contribution in [-0.2, 0) is 10.0 Å².